The van der Waals surface area contributed by atoms with E-state index in [1.165, 1.54) is 11.1 Å². The Morgan fingerprint density at radius 1 is 1.27 bits per heavy atom. The van der Waals surface area contributed by atoms with Gasteiger partial charge >= 0.3 is 6.09 Å². The zero-order valence-corrected chi connectivity index (χ0v) is 15.7. The lowest BCUT2D eigenvalue weighted by molar-refractivity contribution is 0.0175. The van der Waals surface area contributed by atoms with Crippen molar-refractivity contribution in [1.82, 2.24) is 4.90 Å². The van der Waals surface area contributed by atoms with Gasteiger partial charge in [0, 0.05) is 6.04 Å². The third-order valence-electron chi connectivity index (χ3n) is 4.71. The number of nitrogens with zero attached hydrogens (tertiary/aromatic N) is 2. The molecule has 0 N–H and O–H groups in total. The van der Waals surface area contributed by atoms with E-state index in [1.807, 2.05) is 37.8 Å². The molecule has 0 aromatic heterocycles. The molecule has 1 saturated heterocycles. The number of benzene rings is 1. The second-order valence-corrected chi connectivity index (χ2v) is 7.86. The normalized spacial score (nSPS) is 21.8. The predicted molar refractivity (Wildman–Crippen MR) is 99.6 cm³/mol. The van der Waals surface area contributed by atoms with Gasteiger partial charge < -0.3 is 9.47 Å². The number of ether oxygens (including phenoxy) is 2. The van der Waals surface area contributed by atoms with Gasteiger partial charge in [-0.05, 0) is 63.3 Å². The molecule has 5 heteroatoms. The molecule has 0 aliphatic carbocycles. The third-order valence-corrected chi connectivity index (χ3v) is 4.71. The van der Waals surface area contributed by atoms with Crippen molar-refractivity contribution >= 4 is 11.7 Å². The molecule has 0 spiro atoms. The van der Waals surface area contributed by atoms with E-state index in [0.717, 1.165) is 25.0 Å². The number of hydrogen-bond acceptors (Lipinski definition) is 4. The van der Waals surface area contributed by atoms with E-state index in [9.17, 15) is 4.79 Å². The Labute approximate surface area is 155 Å². The molecule has 5 nitrogen and oxygen atoms in total. The Hall–Kier alpha value is -2.48. The summed E-state index contributed by atoms with van der Waals surface area (Å²) in [6, 6.07) is 10.4. The number of carbonyl (C=O) groups is 1. The van der Waals surface area contributed by atoms with Gasteiger partial charge in [-0.25, -0.2) is 4.79 Å². The first-order chi connectivity index (χ1) is 12.4. The van der Waals surface area contributed by atoms with E-state index in [4.69, 9.17) is 14.7 Å². The highest BCUT2D eigenvalue weighted by atomic mass is 16.6. The smallest absolute Gasteiger partial charge is 0.411 e. The average Bonchev–Trinajstić information content (AvgIpc) is 2.85. The Bertz CT molecular complexity index is 725. The SMILES string of the molecule is CC(C)(C)OC(=O)N1C2C=C(c3ccc(OCCC#N)cc3)CC1CC2. The van der Waals surface area contributed by atoms with Crippen LogP contribution in [0.4, 0.5) is 4.79 Å². The fourth-order valence-electron chi connectivity index (χ4n) is 3.62. The highest BCUT2D eigenvalue weighted by Gasteiger charge is 2.41. The molecule has 1 fully saturated rings. The molecule has 0 saturated carbocycles. The molecule has 1 amide bonds. The number of fused-ring (bicyclic) bond motifs is 2. The largest absolute Gasteiger partial charge is 0.493 e. The fraction of sp³-hybridized carbons (Fsp3) is 0.524. The minimum absolute atomic E-state index is 0.116. The zero-order chi connectivity index (χ0) is 18.7. The molecule has 2 unspecified atom stereocenters. The standard InChI is InChI=1S/C21H26N2O3/c1-21(2,3)26-20(24)23-17-7-8-18(23)14-16(13-17)15-5-9-19(10-6-15)25-12-4-11-22/h5-6,9-10,13,17-18H,4,7-8,12,14H2,1-3H3. The zero-order valence-electron chi connectivity index (χ0n) is 15.7. The van der Waals surface area contributed by atoms with Crippen molar-refractivity contribution in [3.63, 3.8) is 0 Å². The maximum atomic E-state index is 12.5. The summed E-state index contributed by atoms with van der Waals surface area (Å²) in [5, 5.41) is 8.56. The van der Waals surface area contributed by atoms with Crippen molar-refractivity contribution in [2.75, 3.05) is 6.61 Å². The Balaban J connectivity index is 1.69. The molecule has 2 atom stereocenters. The summed E-state index contributed by atoms with van der Waals surface area (Å²) in [6.45, 7) is 6.11. The molecule has 138 valence electrons. The van der Waals surface area contributed by atoms with Gasteiger partial charge in [-0.2, -0.15) is 5.26 Å². The summed E-state index contributed by atoms with van der Waals surface area (Å²) in [5.74, 6) is 0.777. The molecule has 2 heterocycles. The number of carbonyl (C=O) groups excluding carboxylic acids is 1. The van der Waals surface area contributed by atoms with Crippen LogP contribution in [0.25, 0.3) is 5.57 Å². The van der Waals surface area contributed by atoms with E-state index in [-0.39, 0.29) is 18.2 Å². The van der Waals surface area contributed by atoms with E-state index < -0.39 is 5.60 Å². The summed E-state index contributed by atoms with van der Waals surface area (Å²) in [7, 11) is 0. The fourth-order valence-corrected chi connectivity index (χ4v) is 3.62. The minimum Gasteiger partial charge on any atom is -0.493 e. The van der Waals surface area contributed by atoms with Crippen LogP contribution in [0.5, 0.6) is 5.75 Å². The van der Waals surface area contributed by atoms with Crippen molar-refractivity contribution in [3.8, 4) is 11.8 Å². The van der Waals surface area contributed by atoms with Crippen LogP contribution in [-0.2, 0) is 4.74 Å². The lowest BCUT2D eigenvalue weighted by Crippen LogP contribution is -2.45. The quantitative estimate of drug-likeness (QED) is 0.745. The first-order valence-corrected chi connectivity index (χ1v) is 9.19. The van der Waals surface area contributed by atoms with Crippen LogP contribution in [0.15, 0.2) is 30.3 Å². The van der Waals surface area contributed by atoms with E-state index in [2.05, 4.69) is 24.3 Å². The van der Waals surface area contributed by atoms with Crippen LogP contribution in [0, 0.1) is 11.3 Å². The Kier molecular flexibility index (Phi) is 5.22. The first-order valence-electron chi connectivity index (χ1n) is 9.19. The van der Waals surface area contributed by atoms with Gasteiger partial charge in [0.1, 0.15) is 18.0 Å². The molecule has 1 aromatic carbocycles. The first kappa shape index (κ1) is 18.3. The second-order valence-electron chi connectivity index (χ2n) is 7.86. The van der Waals surface area contributed by atoms with Gasteiger partial charge in [0.15, 0.2) is 0 Å². The number of rotatable bonds is 4. The number of amides is 1. The molecular formula is C21H26N2O3. The third kappa shape index (κ3) is 4.19. The van der Waals surface area contributed by atoms with Crippen LogP contribution < -0.4 is 4.74 Å². The summed E-state index contributed by atoms with van der Waals surface area (Å²) in [5.41, 5.74) is 1.97. The summed E-state index contributed by atoms with van der Waals surface area (Å²) in [6.07, 6.45) is 5.24. The van der Waals surface area contributed by atoms with E-state index in [0.29, 0.717) is 13.0 Å². The van der Waals surface area contributed by atoms with Crippen LogP contribution in [0.1, 0.15) is 52.0 Å². The second kappa shape index (κ2) is 7.41. The summed E-state index contributed by atoms with van der Waals surface area (Å²) >= 11 is 0. The topological polar surface area (TPSA) is 62.6 Å². The van der Waals surface area contributed by atoms with Gasteiger partial charge in [0.25, 0.3) is 0 Å². The molecule has 3 rings (SSSR count). The Morgan fingerprint density at radius 3 is 2.62 bits per heavy atom. The van der Waals surface area contributed by atoms with E-state index in [1.54, 1.807) is 0 Å². The van der Waals surface area contributed by atoms with Gasteiger partial charge in [0.05, 0.1) is 18.5 Å². The van der Waals surface area contributed by atoms with Gasteiger partial charge in [-0.15, -0.1) is 0 Å². The van der Waals surface area contributed by atoms with Crippen LogP contribution in [-0.4, -0.2) is 35.3 Å². The van der Waals surface area contributed by atoms with Crippen LogP contribution >= 0.6 is 0 Å². The molecule has 0 radical (unpaired) electrons. The monoisotopic (exact) mass is 354 g/mol. The number of hydrogen-bond donors (Lipinski definition) is 0. The van der Waals surface area contributed by atoms with E-state index >= 15 is 0 Å². The van der Waals surface area contributed by atoms with Gasteiger partial charge in [0.2, 0.25) is 0 Å². The molecule has 1 aromatic rings. The molecule has 26 heavy (non-hydrogen) atoms. The van der Waals surface area contributed by atoms with Crippen LogP contribution in [0.3, 0.4) is 0 Å². The maximum Gasteiger partial charge on any atom is 0.411 e. The highest BCUT2D eigenvalue weighted by Crippen LogP contribution is 2.39. The lowest BCUT2D eigenvalue weighted by Gasteiger charge is -2.35. The summed E-state index contributed by atoms with van der Waals surface area (Å²) in [4.78, 5) is 14.4. The van der Waals surface area contributed by atoms with Gasteiger partial charge in [-0.3, -0.25) is 4.90 Å². The average molecular weight is 354 g/mol. The van der Waals surface area contributed by atoms with Crippen molar-refractivity contribution in [3.05, 3.63) is 35.9 Å². The highest BCUT2D eigenvalue weighted by molar-refractivity contribution is 5.75. The summed E-state index contributed by atoms with van der Waals surface area (Å²) < 4.78 is 11.1. The van der Waals surface area contributed by atoms with Crippen molar-refractivity contribution in [2.45, 2.75) is 64.1 Å². The van der Waals surface area contributed by atoms with Crippen molar-refractivity contribution in [1.29, 1.82) is 5.26 Å². The minimum atomic E-state index is -0.470. The predicted octanol–water partition coefficient (Wildman–Crippen LogP) is 4.53. The Morgan fingerprint density at radius 2 is 2.00 bits per heavy atom. The van der Waals surface area contributed by atoms with Crippen LogP contribution in [0.2, 0.25) is 0 Å². The lowest BCUT2D eigenvalue weighted by atomic mass is 9.95. The molecule has 2 aliphatic heterocycles. The van der Waals surface area contributed by atoms with Gasteiger partial charge in [-0.1, -0.05) is 18.2 Å². The van der Waals surface area contributed by atoms with Crippen molar-refractivity contribution in [2.24, 2.45) is 0 Å². The number of nitriles is 1. The maximum absolute atomic E-state index is 12.5. The molecular weight excluding hydrogens is 328 g/mol. The molecule has 2 bridgehead atoms. The van der Waals surface area contributed by atoms with Crippen molar-refractivity contribution < 1.29 is 14.3 Å². The molecule has 2 aliphatic rings.